The number of rotatable bonds is 3. The summed E-state index contributed by atoms with van der Waals surface area (Å²) in [5, 5.41) is 0.963. The van der Waals surface area contributed by atoms with Crippen molar-refractivity contribution < 1.29 is 26.3 Å². The number of benzene rings is 1. The van der Waals surface area contributed by atoms with E-state index in [1.807, 2.05) is 32.0 Å². The third-order valence-electron chi connectivity index (χ3n) is 5.30. The standard InChI is InChI=1S/C20H18BrF6N5/c1-9(2)7-14-15-11(12-8-10(21)3-4-13(12)28-15)5-6-32(14)18-30-16(19(22,23)24)29-17(31-18)20(25,26)27/h3-4,8-9,14,28H,5-7H2,1-2H3/t14-/m0/s1. The third kappa shape index (κ3) is 4.28. The molecule has 12 heteroatoms. The maximum absolute atomic E-state index is 13.3. The molecule has 0 bridgehead atoms. The van der Waals surface area contributed by atoms with E-state index in [1.54, 1.807) is 0 Å². The molecule has 0 saturated carbocycles. The smallest absolute Gasteiger partial charge is 0.356 e. The first-order chi connectivity index (χ1) is 14.8. The van der Waals surface area contributed by atoms with Crippen molar-refractivity contribution >= 4 is 32.8 Å². The van der Waals surface area contributed by atoms with Crippen LogP contribution in [-0.4, -0.2) is 26.5 Å². The Kier molecular flexibility index (Phi) is 5.62. The van der Waals surface area contributed by atoms with Gasteiger partial charge in [-0.2, -0.15) is 36.3 Å². The number of H-pyrrole nitrogens is 1. The summed E-state index contributed by atoms with van der Waals surface area (Å²) >= 11 is 3.44. The van der Waals surface area contributed by atoms with Crippen LogP contribution < -0.4 is 4.90 Å². The number of aromatic amines is 1. The van der Waals surface area contributed by atoms with Crippen LogP contribution in [0.4, 0.5) is 32.3 Å². The van der Waals surface area contributed by atoms with E-state index >= 15 is 0 Å². The predicted octanol–water partition coefficient (Wildman–Crippen LogP) is 6.30. The van der Waals surface area contributed by atoms with Gasteiger partial charge in [0.05, 0.1) is 6.04 Å². The van der Waals surface area contributed by atoms with Crippen LogP contribution in [0.15, 0.2) is 22.7 Å². The van der Waals surface area contributed by atoms with Crippen LogP contribution in [0, 0.1) is 5.92 Å². The normalized spacial score (nSPS) is 17.3. The summed E-state index contributed by atoms with van der Waals surface area (Å²) in [5.41, 5.74) is 2.58. The molecule has 1 aromatic carbocycles. The van der Waals surface area contributed by atoms with E-state index in [2.05, 4.69) is 35.9 Å². The second-order valence-corrected chi connectivity index (χ2v) is 8.99. The minimum absolute atomic E-state index is 0.109. The monoisotopic (exact) mass is 521 g/mol. The number of alkyl halides is 6. The quantitative estimate of drug-likeness (QED) is 0.410. The van der Waals surface area contributed by atoms with Crippen LogP contribution in [-0.2, 0) is 18.8 Å². The van der Waals surface area contributed by atoms with Gasteiger partial charge in [0.25, 0.3) is 0 Å². The highest BCUT2D eigenvalue weighted by Crippen LogP contribution is 2.41. The number of fused-ring (bicyclic) bond motifs is 3. The highest BCUT2D eigenvalue weighted by atomic mass is 79.9. The number of nitrogens with one attached hydrogen (secondary N) is 1. The lowest BCUT2D eigenvalue weighted by Crippen LogP contribution is -2.38. The number of anilines is 1. The van der Waals surface area contributed by atoms with E-state index < -0.39 is 36.0 Å². The topological polar surface area (TPSA) is 57.7 Å². The summed E-state index contributed by atoms with van der Waals surface area (Å²) in [6.07, 6.45) is -9.39. The van der Waals surface area contributed by atoms with Crippen molar-refractivity contribution in [1.29, 1.82) is 0 Å². The fraction of sp³-hybridized carbons (Fsp3) is 0.450. The second-order valence-electron chi connectivity index (χ2n) is 8.07. The molecule has 0 aliphatic carbocycles. The summed E-state index contributed by atoms with van der Waals surface area (Å²) in [4.78, 5) is 14.2. The molecule has 5 nitrogen and oxygen atoms in total. The predicted molar refractivity (Wildman–Crippen MR) is 109 cm³/mol. The van der Waals surface area contributed by atoms with Crippen LogP contribution in [0.5, 0.6) is 0 Å². The van der Waals surface area contributed by atoms with Crippen LogP contribution in [0.2, 0.25) is 0 Å². The van der Waals surface area contributed by atoms with Crippen LogP contribution in [0.3, 0.4) is 0 Å². The summed E-state index contributed by atoms with van der Waals surface area (Å²) in [7, 11) is 0. The number of hydrogen-bond donors (Lipinski definition) is 1. The number of aromatic nitrogens is 4. The fourth-order valence-corrected chi connectivity index (χ4v) is 4.38. The molecule has 0 saturated heterocycles. The average Bonchev–Trinajstić information content (AvgIpc) is 3.04. The highest BCUT2D eigenvalue weighted by molar-refractivity contribution is 9.10. The number of halogens is 7. The van der Waals surface area contributed by atoms with Gasteiger partial charge in [-0.15, -0.1) is 0 Å². The lowest BCUT2D eigenvalue weighted by Gasteiger charge is -2.37. The molecule has 0 fully saturated rings. The molecule has 3 aromatic rings. The van der Waals surface area contributed by atoms with Crippen LogP contribution in [0.1, 0.15) is 49.2 Å². The molecule has 0 radical (unpaired) electrons. The molecule has 1 aliphatic rings. The van der Waals surface area contributed by atoms with Gasteiger partial charge in [0, 0.05) is 27.6 Å². The maximum atomic E-state index is 13.3. The molecule has 32 heavy (non-hydrogen) atoms. The Bertz CT molecular complexity index is 1120. The van der Waals surface area contributed by atoms with Crippen molar-refractivity contribution in [1.82, 2.24) is 19.9 Å². The summed E-state index contributed by atoms with van der Waals surface area (Å²) in [5.74, 6) is -4.23. The highest BCUT2D eigenvalue weighted by Gasteiger charge is 2.43. The Morgan fingerprint density at radius 2 is 1.69 bits per heavy atom. The molecule has 4 rings (SSSR count). The molecule has 0 spiro atoms. The summed E-state index contributed by atoms with van der Waals surface area (Å²) < 4.78 is 80.5. The molecule has 2 aromatic heterocycles. The molecule has 3 heterocycles. The minimum atomic E-state index is -5.14. The Morgan fingerprint density at radius 3 is 2.25 bits per heavy atom. The Labute approximate surface area is 187 Å². The molecule has 0 unspecified atom stereocenters. The second kappa shape index (κ2) is 7.89. The van der Waals surface area contributed by atoms with Gasteiger partial charge in [0.15, 0.2) is 0 Å². The first-order valence-corrected chi connectivity index (χ1v) is 10.6. The van der Waals surface area contributed by atoms with Gasteiger partial charge < -0.3 is 9.88 Å². The SMILES string of the molecule is CC(C)C[C@H]1c2[nH]c3ccc(Br)cc3c2CCN1c1nc(C(F)(F)F)nc(C(F)(F)F)n1. The van der Waals surface area contributed by atoms with E-state index in [-0.39, 0.29) is 12.5 Å². The van der Waals surface area contributed by atoms with Crippen molar-refractivity contribution in [2.75, 3.05) is 11.4 Å². The molecule has 0 amide bonds. The largest absolute Gasteiger partial charge is 0.451 e. The third-order valence-corrected chi connectivity index (χ3v) is 5.79. The molecule has 1 aliphatic heterocycles. The maximum Gasteiger partial charge on any atom is 0.451 e. The Morgan fingerprint density at radius 1 is 1.06 bits per heavy atom. The molecular weight excluding hydrogens is 504 g/mol. The first kappa shape index (κ1) is 22.8. The zero-order valence-electron chi connectivity index (χ0n) is 16.9. The van der Waals surface area contributed by atoms with Gasteiger partial charge >= 0.3 is 12.4 Å². The zero-order chi connectivity index (χ0) is 23.4. The van der Waals surface area contributed by atoms with Crippen LogP contribution >= 0.6 is 15.9 Å². The molecule has 172 valence electrons. The first-order valence-electron chi connectivity index (χ1n) is 9.81. The van der Waals surface area contributed by atoms with E-state index in [1.165, 1.54) is 4.90 Å². The molecular formula is C20H18BrF6N5. The molecule has 1 atom stereocenters. The van der Waals surface area contributed by atoms with E-state index in [4.69, 9.17) is 0 Å². The number of nitrogens with zero attached hydrogens (tertiary/aromatic N) is 4. The van der Waals surface area contributed by atoms with Gasteiger partial charge in [0.1, 0.15) is 0 Å². The fourth-order valence-electron chi connectivity index (χ4n) is 4.02. The summed E-state index contributed by atoms with van der Waals surface area (Å²) in [6, 6.07) is 5.16. The number of hydrogen-bond acceptors (Lipinski definition) is 4. The zero-order valence-corrected chi connectivity index (χ0v) is 18.5. The van der Waals surface area contributed by atoms with Crippen molar-refractivity contribution in [2.24, 2.45) is 5.92 Å². The molecule has 1 N–H and O–H groups in total. The van der Waals surface area contributed by atoms with E-state index in [9.17, 15) is 26.3 Å². The van der Waals surface area contributed by atoms with Gasteiger partial charge in [-0.05, 0) is 42.5 Å². The van der Waals surface area contributed by atoms with Gasteiger partial charge in [0.2, 0.25) is 17.6 Å². The van der Waals surface area contributed by atoms with Crippen LogP contribution in [0.25, 0.3) is 10.9 Å². The van der Waals surface area contributed by atoms with E-state index in [0.29, 0.717) is 12.8 Å². The van der Waals surface area contributed by atoms with Gasteiger partial charge in [-0.1, -0.05) is 29.8 Å². The van der Waals surface area contributed by atoms with Crippen molar-refractivity contribution in [2.45, 2.75) is 45.1 Å². The lowest BCUT2D eigenvalue weighted by molar-refractivity contribution is -0.155. The van der Waals surface area contributed by atoms with E-state index in [0.717, 1.165) is 26.6 Å². The van der Waals surface area contributed by atoms with Crippen molar-refractivity contribution in [3.63, 3.8) is 0 Å². The summed E-state index contributed by atoms with van der Waals surface area (Å²) in [6.45, 7) is 4.03. The lowest BCUT2D eigenvalue weighted by atomic mass is 9.92. The Hall–Kier alpha value is -2.37. The average molecular weight is 522 g/mol. The Balaban J connectivity index is 1.87. The minimum Gasteiger partial charge on any atom is -0.356 e. The van der Waals surface area contributed by atoms with Gasteiger partial charge in [-0.3, -0.25) is 0 Å². The van der Waals surface area contributed by atoms with Gasteiger partial charge in [-0.25, -0.2) is 4.98 Å². The van der Waals surface area contributed by atoms with Crippen molar-refractivity contribution in [3.05, 3.63) is 45.6 Å². The van der Waals surface area contributed by atoms with Crippen molar-refractivity contribution in [3.8, 4) is 0 Å².